The van der Waals surface area contributed by atoms with Crippen molar-refractivity contribution in [2.45, 2.75) is 12.8 Å². The van der Waals surface area contributed by atoms with Crippen LogP contribution in [0.3, 0.4) is 0 Å². The first-order valence-electron chi connectivity index (χ1n) is 4.96. The van der Waals surface area contributed by atoms with Gasteiger partial charge in [-0.2, -0.15) is 0 Å². The molecule has 15 heavy (non-hydrogen) atoms. The van der Waals surface area contributed by atoms with E-state index >= 15 is 0 Å². The third-order valence-electron chi connectivity index (χ3n) is 2.29. The Kier molecular flexibility index (Phi) is 2.98. The molecule has 1 aliphatic rings. The number of aldehydes is 1. The van der Waals surface area contributed by atoms with Crippen molar-refractivity contribution in [3.05, 3.63) is 53.8 Å². The van der Waals surface area contributed by atoms with E-state index in [9.17, 15) is 4.79 Å². The summed E-state index contributed by atoms with van der Waals surface area (Å²) in [6, 6.07) is 9.66. The molecule has 0 fully saturated rings. The molecule has 2 nitrogen and oxygen atoms in total. The summed E-state index contributed by atoms with van der Waals surface area (Å²) in [5.41, 5.74) is 0.829. The van der Waals surface area contributed by atoms with Gasteiger partial charge in [0.25, 0.3) is 0 Å². The summed E-state index contributed by atoms with van der Waals surface area (Å²) in [6.45, 7) is 0. The lowest BCUT2D eigenvalue weighted by atomic mass is 10.1. The van der Waals surface area contributed by atoms with Crippen molar-refractivity contribution in [3.63, 3.8) is 0 Å². The molecule has 0 aliphatic heterocycles. The Bertz CT molecular complexity index is 402. The van der Waals surface area contributed by atoms with Gasteiger partial charge in [-0.3, -0.25) is 4.79 Å². The van der Waals surface area contributed by atoms with Crippen molar-refractivity contribution in [2.24, 2.45) is 0 Å². The lowest BCUT2D eigenvalue weighted by Crippen LogP contribution is -2.00. The molecule has 0 saturated carbocycles. The highest BCUT2D eigenvalue weighted by Crippen LogP contribution is 2.21. The molecule has 0 N–H and O–H groups in total. The first-order chi connectivity index (χ1) is 7.38. The van der Waals surface area contributed by atoms with Crippen molar-refractivity contribution < 1.29 is 9.53 Å². The molecular formula is C13H12O2. The van der Waals surface area contributed by atoms with Gasteiger partial charge in [-0.1, -0.05) is 24.3 Å². The van der Waals surface area contributed by atoms with E-state index in [2.05, 4.69) is 0 Å². The van der Waals surface area contributed by atoms with Crippen LogP contribution in [0.1, 0.15) is 12.8 Å². The van der Waals surface area contributed by atoms with Crippen LogP contribution in [0.2, 0.25) is 0 Å². The molecule has 2 rings (SSSR count). The maximum absolute atomic E-state index is 10.5. The van der Waals surface area contributed by atoms with Crippen LogP contribution < -0.4 is 4.74 Å². The monoisotopic (exact) mass is 200 g/mol. The van der Waals surface area contributed by atoms with Gasteiger partial charge in [0.05, 0.1) is 0 Å². The first kappa shape index (κ1) is 9.71. The van der Waals surface area contributed by atoms with E-state index in [0.29, 0.717) is 0 Å². The van der Waals surface area contributed by atoms with E-state index in [1.54, 1.807) is 0 Å². The van der Waals surface area contributed by atoms with Crippen LogP contribution in [0.25, 0.3) is 0 Å². The van der Waals surface area contributed by atoms with Gasteiger partial charge in [-0.25, -0.2) is 0 Å². The third-order valence-corrected chi connectivity index (χ3v) is 2.29. The second kappa shape index (κ2) is 4.60. The molecule has 1 aliphatic carbocycles. The quantitative estimate of drug-likeness (QED) is 0.701. The Balaban J connectivity index is 2.06. The van der Waals surface area contributed by atoms with Crippen molar-refractivity contribution >= 4 is 6.29 Å². The number of carbonyl (C=O) groups excluding carboxylic acids is 1. The normalized spacial score (nSPS) is 15.2. The fourth-order valence-corrected chi connectivity index (χ4v) is 1.46. The minimum Gasteiger partial charge on any atom is -0.462 e. The highest BCUT2D eigenvalue weighted by Gasteiger charge is 2.07. The molecule has 0 bridgehead atoms. The number of hydrogen-bond donors (Lipinski definition) is 0. The summed E-state index contributed by atoms with van der Waals surface area (Å²) in [4.78, 5) is 10.5. The van der Waals surface area contributed by atoms with E-state index in [1.165, 1.54) is 0 Å². The topological polar surface area (TPSA) is 26.3 Å². The summed E-state index contributed by atoms with van der Waals surface area (Å²) in [5.74, 6) is 1.75. The molecular weight excluding hydrogens is 188 g/mol. The van der Waals surface area contributed by atoms with E-state index in [1.807, 2.05) is 42.5 Å². The van der Waals surface area contributed by atoms with Gasteiger partial charge >= 0.3 is 0 Å². The molecule has 76 valence electrons. The zero-order valence-electron chi connectivity index (χ0n) is 8.35. The molecule has 1 aromatic carbocycles. The fraction of sp³-hybridized carbons (Fsp3) is 0.154. The Morgan fingerprint density at radius 1 is 1.07 bits per heavy atom. The number of hydrogen-bond acceptors (Lipinski definition) is 2. The Morgan fingerprint density at radius 3 is 2.47 bits per heavy atom. The van der Waals surface area contributed by atoms with Crippen LogP contribution in [-0.4, -0.2) is 6.29 Å². The molecule has 0 spiro atoms. The highest BCUT2D eigenvalue weighted by molar-refractivity contribution is 5.74. The Hall–Kier alpha value is -1.83. The molecule has 0 atom stereocenters. The summed E-state index contributed by atoms with van der Waals surface area (Å²) in [5, 5.41) is 0. The predicted octanol–water partition coefficient (Wildman–Crippen LogP) is 2.87. The Morgan fingerprint density at radius 2 is 1.87 bits per heavy atom. The second-order valence-corrected chi connectivity index (χ2v) is 3.41. The smallest absolute Gasteiger partial charge is 0.146 e. The van der Waals surface area contributed by atoms with Crippen LogP contribution >= 0.6 is 0 Å². The molecule has 0 radical (unpaired) electrons. The number of benzene rings is 1. The van der Waals surface area contributed by atoms with Crippen molar-refractivity contribution in [3.8, 4) is 5.75 Å². The van der Waals surface area contributed by atoms with E-state index in [0.717, 1.165) is 36.2 Å². The summed E-state index contributed by atoms with van der Waals surface area (Å²) in [7, 11) is 0. The maximum atomic E-state index is 10.5. The van der Waals surface area contributed by atoms with Crippen molar-refractivity contribution in [2.75, 3.05) is 0 Å². The van der Waals surface area contributed by atoms with Crippen molar-refractivity contribution in [1.29, 1.82) is 0 Å². The van der Waals surface area contributed by atoms with Gasteiger partial charge in [0.15, 0.2) is 0 Å². The highest BCUT2D eigenvalue weighted by atomic mass is 16.5. The van der Waals surface area contributed by atoms with Gasteiger partial charge < -0.3 is 4.74 Å². The molecule has 1 aromatic rings. The molecule has 0 amide bonds. The summed E-state index contributed by atoms with van der Waals surface area (Å²) < 4.78 is 5.65. The first-order valence-corrected chi connectivity index (χ1v) is 4.96. The third kappa shape index (κ3) is 2.56. The fourth-order valence-electron chi connectivity index (χ4n) is 1.46. The Labute approximate surface area is 88.9 Å². The van der Waals surface area contributed by atoms with Crippen LogP contribution in [0, 0.1) is 0 Å². The van der Waals surface area contributed by atoms with E-state index in [4.69, 9.17) is 4.74 Å². The van der Waals surface area contributed by atoms with Gasteiger partial charge in [-0.15, -0.1) is 0 Å². The molecule has 2 heteroatoms. The summed E-state index contributed by atoms with van der Waals surface area (Å²) in [6.07, 6.45) is 6.13. The maximum Gasteiger partial charge on any atom is 0.146 e. The SMILES string of the molecule is O=CC1=CC=C(Oc2ccccc2)CC1. The van der Waals surface area contributed by atoms with E-state index < -0.39 is 0 Å². The summed E-state index contributed by atoms with van der Waals surface area (Å²) >= 11 is 0. The van der Waals surface area contributed by atoms with Gasteiger partial charge in [0, 0.05) is 6.42 Å². The van der Waals surface area contributed by atoms with Gasteiger partial charge in [0.1, 0.15) is 17.8 Å². The molecule has 0 unspecified atom stereocenters. The lowest BCUT2D eigenvalue weighted by Gasteiger charge is -2.12. The van der Waals surface area contributed by atoms with Crippen LogP contribution in [0.15, 0.2) is 53.8 Å². The number of allylic oxidation sites excluding steroid dienone is 4. The van der Waals surface area contributed by atoms with Crippen molar-refractivity contribution in [1.82, 2.24) is 0 Å². The minimum absolute atomic E-state index is 0.766. The van der Waals surface area contributed by atoms with Crippen LogP contribution in [0.4, 0.5) is 0 Å². The number of carbonyl (C=O) groups is 1. The molecule has 0 saturated heterocycles. The zero-order chi connectivity index (χ0) is 10.5. The average Bonchev–Trinajstić information content (AvgIpc) is 2.31. The molecule has 0 heterocycles. The minimum atomic E-state index is 0.766. The molecule has 0 aromatic heterocycles. The second-order valence-electron chi connectivity index (χ2n) is 3.41. The zero-order valence-corrected chi connectivity index (χ0v) is 8.35. The predicted molar refractivity (Wildman–Crippen MR) is 58.5 cm³/mol. The van der Waals surface area contributed by atoms with E-state index in [-0.39, 0.29) is 0 Å². The number of ether oxygens (including phenoxy) is 1. The van der Waals surface area contributed by atoms with Crippen LogP contribution in [-0.2, 0) is 4.79 Å². The average molecular weight is 200 g/mol. The standard InChI is InChI=1S/C13H12O2/c14-10-11-6-8-13(9-7-11)15-12-4-2-1-3-5-12/h1-6,8,10H,7,9H2. The largest absolute Gasteiger partial charge is 0.462 e. The number of rotatable bonds is 3. The number of para-hydroxylation sites is 1. The lowest BCUT2D eigenvalue weighted by molar-refractivity contribution is -0.105. The van der Waals surface area contributed by atoms with Gasteiger partial charge in [0.2, 0.25) is 0 Å². The van der Waals surface area contributed by atoms with Gasteiger partial charge in [-0.05, 0) is 30.2 Å². The van der Waals surface area contributed by atoms with Crippen LogP contribution in [0.5, 0.6) is 5.75 Å².